The Morgan fingerprint density at radius 1 is 1.50 bits per heavy atom. The summed E-state index contributed by atoms with van der Waals surface area (Å²) in [6, 6.07) is 3.01. The Balaban J connectivity index is 2.37. The van der Waals surface area contributed by atoms with Gasteiger partial charge in [0.15, 0.2) is 0 Å². The monoisotopic (exact) mass is 237 g/mol. The normalized spacial score (nSPS) is 10.0. The lowest BCUT2D eigenvalue weighted by molar-refractivity contribution is 0.209. The van der Waals surface area contributed by atoms with E-state index < -0.39 is 11.7 Å². The quantitative estimate of drug-likeness (QED) is 0.739. The molecular formula is C9H7N3O3S. The molecule has 0 aromatic carbocycles. The highest BCUT2D eigenvalue weighted by molar-refractivity contribution is 7.13. The van der Waals surface area contributed by atoms with Gasteiger partial charge in [0.05, 0.1) is 5.69 Å². The lowest BCUT2D eigenvalue weighted by Crippen LogP contribution is -2.18. The Labute approximate surface area is 93.6 Å². The minimum atomic E-state index is -1.27. The third kappa shape index (κ3) is 2.09. The standard InChI is InChI=1S/C9H7N3O3S/c13-7-5(12-9(14)15)1-2-6(11-7)8-10-3-4-16-8/h1-4,12H,(H,11,13)(H,14,15). The van der Waals surface area contributed by atoms with Gasteiger partial charge in [0.2, 0.25) is 0 Å². The van der Waals surface area contributed by atoms with Crippen LogP contribution in [-0.4, -0.2) is 21.2 Å². The minimum Gasteiger partial charge on any atom is -0.465 e. The molecule has 2 rings (SSSR count). The Kier molecular flexibility index (Phi) is 2.69. The predicted octanol–water partition coefficient (Wildman–Crippen LogP) is 1.59. The third-order valence-electron chi connectivity index (χ3n) is 1.81. The van der Waals surface area contributed by atoms with E-state index in [1.807, 2.05) is 5.32 Å². The number of aromatic amines is 1. The van der Waals surface area contributed by atoms with E-state index in [2.05, 4.69) is 9.97 Å². The highest BCUT2D eigenvalue weighted by Crippen LogP contribution is 2.18. The summed E-state index contributed by atoms with van der Waals surface area (Å²) in [5, 5.41) is 12.9. The molecule has 2 heterocycles. The van der Waals surface area contributed by atoms with Gasteiger partial charge in [-0.3, -0.25) is 10.1 Å². The van der Waals surface area contributed by atoms with Gasteiger partial charge in [-0.15, -0.1) is 11.3 Å². The average molecular weight is 237 g/mol. The molecule has 82 valence electrons. The lowest BCUT2D eigenvalue weighted by Gasteiger charge is -2.00. The second-order valence-corrected chi connectivity index (χ2v) is 3.78. The van der Waals surface area contributed by atoms with E-state index in [0.717, 1.165) is 0 Å². The van der Waals surface area contributed by atoms with E-state index in [-0.39, 0.29) is 5.69 Å². The maximum atomic E-state index is 11.5. The molecule has 2 aromatic rings. The van der Waals surface area contributed by atoms with Crippen LogP contribution < -0.4 is 10.9 Å². The number of H-pyrrole nitrogens is 1. The van der Waals surface area contributed by atoms with Crippen LogP contribution in [0.4, 0.5) is 10.5 Å². The number of amides is 1. The predicted molar refractivity (Wildman–Crippen MR) is 59.8 cm³/mol. The third-order valence-corrected chi connectivity index (χ3v) is 2.62. The molecular weight excluding hydrogens is 230 g/mol. The SMILES string of the molecule is O=C(O)Nc1ccc(-c2nccs2)[nH]c1=O. The van der Waals surface area contributed by atoms with Crippen molar-refractivity contribution in [1.82, 2.24) is 9.97 Å². The number of hydrogen-bond acceptors (Lipinski definition) is 4. The highest BCUT2D eigenvalue weighted by Gasteiger charge is 2.06. The smallest absolute Gasteiger partial charge is 0.409 e. The van der Waals surface area contributed by atoms with Crippen LogP contribution in [0.1, 0.15) is 0 Å². The number of rotatable bonds is 2. The molecule has 16 heavy (non-hydrogen) atoms. The number of hydrogen-bond donors (Lipinski definition) is 3. The molecule has 0 bridgehead atoms. The number of pyridine rings is 1. The fourth-order valence-corrected chi connectivity index (χ4v) is 1.79. The first-order valence-corrected chi connectivity index (χ1v) is 5.18. The molecule has 0 spiro atoms. The van der Waals surface area contributed by atoms with E-state index in [4.69, 9.17) is 5.11 Å². The number of nitrogens with one attached hydrogen (secondary N) is 2. The number of thiazole rings is 1. The van der Waals surface area contributed by atoms with Crippen LogP contribution in [0, 0.1) is 0 Å². The van der Waals surface area contributed by atoms with Crippen LogP contribution in [-0.2, 0) is 0 Å². The molecule has 6 nitrogen and oxygen atoms in total. The number of anilines is 1. The molecule has 0 aliphatic rings. The molecule has 0 radical (unpaired) electrons. The summed E-state index contributed by atoms with van der Waals surface area (Å²) in [4.78, 5) is 28.4. The largest absolute Gasteiger partial charge is 0.465 e. The molecule has 2 aromatic heterocycles. The van der Waals surface area contributed by atoms with Crippen LogP contribution in [0.5, 0.6) is 0 Å². The maximum absolute atomic E-state index is 11.5. The van der Waals surface area contributed by atoms with Crippen molar-refractivity contribution in [2.75, 3.05) is 5.32 Å². The first-order chi connectivity index (χ1) is 7.66. The number of nitrogens with zero attached hydrogens (tertiary/aromatic N) is 1. The summed E-state index contributed by atoms with van der Waals surface area (Å²) in [5.74, 6) is 0. The molecule has 0 saturated heterocycles. The van der Waals surface area contributed by atoms with Crippen LogP contribution >= 0.6 is 11.3 Å². The molecule has 1 amide bonds. The molecule has 3 N–H and O–H groups in total. The van der Waals surface area contributed by atoms with E-state index in [9.17, 15) is 9.59 Å². The lowest BCUT2D eigenvalue weighted by atomic mass is 10.3. The van der Waals surface area contributed by atoms with Crippen LogP contribution in [0.3, 0.4) is 0 Å². The number of carboxylic acid groups (broad SMARTS) is 1. The Morgan fingerprint density at radius 3 is 2.88 bits per heavy atom. The van der Waals surface area contributed by atoms with Crippen LogP contribution in [0.15, 0.2) is 28.5 Å². The van der Waals surface area contributed by atoms with Crippen molar-refractivity contribution in [2.24, 2.45) is 0 Å². The maximum Gasteiger partial charge on any atom is 0.409 e. The molecule has 0 atom stereocenters. The van der Waals surface area contributed by atoms with E-state index in [1.165, 1.54) is 17.4 Å². The zero-order valence-corrected chi connectivity index (χ0v) is 8.75. The van der Waals surface area contributed by atoms with E-state index in [0.29, 0.717) is 10.7 Å². The van der Waals surface area contributed by atoms with Crippen LogP contribution in [0.25, 0.3) is 10.7 Å². The van der Waals surface area contributed by atoms with E-state index in [1.54, 1.807) is 17.6 Å². The average Bonchev–Trinajstić information content (AvgIpc) is 2.73. The molecule has 0 saturated carbocycles. The van der Waals surface area contributed by atoms with Gasteiger partial charge in [0.1, 0.15) is 10.7 Å². The zero-order chi connectivity index (χ0) is 11.5. The number of aromatic nitrogens is 2. The molecule has 0 aliphatic carbocycles. The Hall–Kier alpha value is -2.15. The topological polar surface area (TPSA) is 95.1 Å². The summed E-state index contributed by atoms with van der Waals surface area (Å²) in [7, 11) is 0. The van der Waals surface area contributed by atoms with Gasteiger partial charge in [-0.25, -0.2) is 9.78 Å². The van der Waals surface area contributed by atoms with Crippen LogP contribution in [0.2, 0.25) is 0 Å². The summed E-state index contributed by atoms with van der Waals surface area (Å²) in [5.41, 5.74) is 0.0684. The van der Waals surface area contributed by atoms with Crippen molar-refractivity contribution in [1.29, 1.82) is 0 Å². The second kappa shape index (κ2) is 4.15. The van der Waals surface area contributed by atoms with Crippen molar-refractivity contribution < 1.29 is 9.90 Å². The molecule has 0 fully saturated rings. The summed E-state index contributed by atoms with van der Waals surface area (Å²) >= 11 is 1.39. The summed E-state index contributed by atoms with van der Waals surface area (Å²) in [6.07, 6.45) is 0.356. The minimum absolute atomic E-state index is 0.00666. The van der Waals surface area contributed by atoms with E-state index >= 15 is 0 Å². The first kappa shape index (κ1) is 10.4. The molecule has 0 aliphatic heterocycles. The van der Waals surface area contributed by atoms with Gasteiger partial charge in [-0.2, -0.15) is 0 Å². The van der Waals surface area contributed by atoms with Crippen molar-refractivity contribution in [3.63, 3.8) is 0 Å². The number of carbonyl (C=O) groups is 1. The van der Waals surface area contributed by atoms with Crippen molar-refractivity contribution >= 4 is 23.1 Å². The fraction of sp³-hybridized carbons (Fsp3) is 0. The van der Waals surface area contributed by atoms with Gasteiger partial charge in [-0.1, -0.05) is 0 Å². The Morgan fingerprint density at radius 2 is 2.31 bits per heavy atom. The van der Waals surface area contributed by atoms with Gasteiger partial charge in [0.25, 0.3) is 5.56 Å². The van der Waals surface area contributed by atoms with Crippen molar-refractivity contribution in [3.05, 3.63) is 34.1 Å². The summed E-state index contributed by atoms with van der Waals surface area (Å²) in [6.45, 7) is 0. The van der Waals surface area contributed by atoms with Gasteiger partial charge in [-0.05, 0) is 12.1 Å². The van der Waals surface area contributed by atoms with Gasteiger partial charge >= 0.3 is 6.09 Å². The van der Waals surface area contributed by atoms with Gasteiger partial charge in [0, 0.05) is 11.6 Å². The van der Waals surface area contributed by atoms with Crippen molar-refractivity contribution in [2.45, 2.75) is 0 Å². The molecule has 7 heteroatoms. The highest BCUT2D eigenvalue weighted by atomic mass is 32.1. The fourth-order valence-electron chi connectivity index (χ4n) is 1.17. The molecule has 0 unspecified atom stereocenters. The van der Waals surface area contributed by atoms with Crippen molar-refractivity contribution in [3.8, 4) is 10.7 Å². The summed E-state index contributed by atoms with van der Waals surface area (Å²) < 4.78 is 0. The first-order valence-electron chi connectivity index (χ1n) is 4.30. The zero-order valence-electron chi connectivity index (χ0n) is 7.93. The second-order valence-electron chi connectivity index (χ2n) is 2.88. The Bertz CT molecular complexity index is 562. The van der Waals surface area contributed by atoms with Gasteiger partial charge < -0.3 is 10.1 Å².